The fraction of sp³-hybridized carbons (Fsp3) is 0.231. The van der Waals surface area contributed by atoms with E-state index >= 15 is 0 Å². The number of benzene rings is 1. The van der Waals surface area contributed by atoms with E-state index in [1.165, 1.54) is 16.5 Å². The van der Waals surface area contributed by atoms with E-state index in [-0.39, 0.29) is 16.9 Å². The summed E-state index contributed by atoms with van der Waals surface area (Å²) in [5.41, 5.74) is 2.06. The third-order valence-electron chi connectivity index (χ3n) is 2.78. The zero-order valence-electron chi connectivity index (χ0n) is 9.63. The van der Waals surface area contributed by atoms with Crippen LogP contribution < -0.4 is 5.32 Å². The first-order valence-electron chi connectivity index (χ1n) is 5.29. The summed E-state index contributed by atoms with van der Waals surface area (Å²) in [6.45, 7) is 2.07. The zero-order chi connectivity index (χ0) is 12.4. The van der Waals surface area contributed by atoms with Crippen LogP contribution in [0.3, 0.4) is 0 Å². The van der Waals surface area contributed by atoms with Crippen LogP contribution in [-0.4, -0.2) is 7.05 Å². The van der Waals surface area contributed by atoms with Crippen molar-refractivity contribution in [3.8, 4) is 0 Å². The molecule has 0 amide bonds. The van der Waals surface area contributed by atoms with Crippen molar-refractivity contribution in [1.29, 1.82) is 0 Å². The molecule has 17 heavy (non-hydrogen) atoms. The van der Waals surface area contributed by atoms with E-state index in [1.807, 2.05) is 18.5 Å². The van der Waals surface area contributed by atoms with Gasteiger partial charge in [-0.2, -0.15) is 0 Å². The van der Waals surface area contributed by atoms with Gasteiger partial charge in [0.25, 0.3) is 0 Å². The molecule has 1 aromatic heterocycles. The standard InChI is InChI=1S/C13H13ClFNS/c1-8-10(5-6-17-8)13(16-2)9-3-4-11(14)12(15)7-9/h3-7,13,16H,1-2H3. The Hall–Kier alpha value is -0.900. The summed E-state index contributed by atoms with van der Waals surface area (Å²) in [5, 5.41) is 5.41. The van der Waals surface area contributed by atoms with Gasteiger partial charge < -0.3 is 5.32 Å². The maximum Gasteiger partial charge on any atom is 0.142 e. The second-order valence-corrected chi connectivity index (χ2v) is 5.35. The lowest BCUT2D eigenvalue weighted by molar-refractivity contribution is 0.617. The van der Waals surface area contributed by atoms with Gasteiger partial charge in [-0.25, -0.2) is 4.39 Å². The molecule has 0 bridgehead atoms. The Morgan fingerprint density at radius 1 is 1.35 bits per heavy atom. The van der Waals surface area contributed by atoms with Crippen molar-refractivity contribution >= 4 is 22.9 Å². The third kappa shape index (κ3) is 2.51. The van der Waals surface area contributed by atoms with Gasteiger partial charge in [0.05, 0.1) is 11.1 Å². The molecule has 1 nitrogen and oxygen atoms in total. The molecule has 90 valence electrons. The van der Waals surface area contributed by atoms with E-state index < -0.39 is 0 Å². The molecule has 0 fully saturated rings. The lowest BCUT2D eigenvalue weighted by Gasteiger charge is -2.17. The Morgan fingerprint density at radius 3 is 2.65 bits per heavy atom. The van der Waals surface area contributed by atoms with E-state index in [0.717, 1.165) is 5.56 Å². The summed E-state index contributed by atoms with van der Waals surface area (Å²) >= 11 is 7.38. The summed E-state index contributed by atoms with van der Waals surface area (Å²) in [6.07, 6.45) is 0. The average molecular weight is 270 g/mol. The molecule has 1 N–H and O–H groups in total. The van der Waals surface area contributed by atoms with Crippen LogP contribution in [0, 0.1) is 12.7 Å². The molecule has 4 heteroatoms. The van der Waals surface area contributed by atoms with Gasteiger partial charge in [0, 0.05) is 4.88 Å². The summed E-state index contributed by atoms with van der Waals surface area (Å²) in [5.74, 6) is -0.378. The van der Waals surface area contributed by atoms with Gasteiger partial charge in [-0.3, -0.25) is 0 Å². The van der Waals surface area contributed by atoms with Gasteiger partial charge in [0.2, 0.25) is 0 Å². The van der Waals surface area contributed by atoms with Gasteiger partial charge >= 0.3 is 0 Å². The molecule has 0 spiro atoms. The summed E-state index contributed by atoms with van der Waals surface area (Å²) in [4.78, 5) is 1.24. The van der Waals surface area contributed by atoms with Gasteiger partial charge in [-0.05, 0) is 48.7 Å². The van der Waals surface area contributed by atoms with E-state index in [1.54, 1.807) is 17.4 Å². The van der Waals surface area contributed by atoms with E-state index in [2.05, 4.69) is 18.3 Å². The molecule has 0 aliphatic carbocycles. The number of nitrogens with one attached hydrogen (secondary N) is 1. The summed E-state index contributed by atoms with van der Waals surface area (Å²) in [6, 6.07) is 7.00. The Kier molecular flexibility index (Phi) is 3.82. The fourth-order valence-electron chi connectivity index (χ4n) is 1.89. The molecular weight excluding hydrogens is 257 g/mol. The Balaban J connectivity index is 2.42. The van der Waals surface area contributed by atoms with Crippen LogP contribution in [0.15, 0.2) is 29.6 Å². The van der Waals surface area contributed by atoms with Crippen molar-refractivity contribution in [2.75, 3.05) is 7.05 Å². The monoisotopic (exact) mass is 269 g/mol. The smallest absolute Gasteiger partial charge is 0.142 e. The molecular formula is C13H13ClFNS. The van der Waals surface area contributed by atoms with Crippen molar-refractivity contribution in [1.82, 2.24) is 5.32 Å². The van der Waals surface area contributed by atoms with E-state index in [9.17, 15) is 4.39 Å². The van der Waals surface area contributed by atoms with Crippen LogP contribution >= 0.6 is 22.9 Å². The van der Waals surface area contributed by atoms with Gasteiger partial charge in [-0.1, -0.05) is 17.7 Å². The minimum atomic E-state index is -0.378. The summed E-state index contributed by atoms with van der Waals surface area (Å²) in [7, 11) is 1.87. The van der Waals surface area contributed by atoms with Crippen molar-refractivity contribution in [3.63, 3.8) is 0 Å². The topological polar surface area (TPSA) is 12.0 Å². The molecule has 0 saturated heterocycles. The Bertz CT molecular complexity index is 524. The maximum absolute atomic E-state index is 13.5. The minimum Gasteiger partial charge on any atom is -0.309 e. The number of hydrogen-bond acceptors (Lipinski definition) is 2. The highest BCUT2D eigenvalue weighted by Crippen LogP contribution is 2.29. The largest absolute Gasteiger partial charge is 0.309 e. The lowest BCUT2D eigenvalue weighted by Crippen LogP contribution is -2.17. The van der Waals surface area contributed by atoms with Crippen LogP contribution in [0.25, 0.3) is 0 Å². The number of aryl methyl sites for hydroxylation is 1. The first-order chi connectivity index (χ1) is 8.13. The lowest BCUT2D eigenvalue weighted by atomic mass is 9.99. The highest BCUT2D eigenvalue weighted by molar-refractivity contribution is 7.10. The molecule has 1 unspecified atom stereocenters. The highest BCUT2D eigenvalue weighted by Gasteiger charge is 2.16. The SMILES string of the molecule is CNC(c1ccc(Cl)c(F)c1)c1ccsc1C. The average Bonchev–Trinajstić information content (AvgIpc) is 2.71. The van der Waals surface area contributed by atoms with Crippen LogP contribution in [0.1, 0.15) is 22.0 Å². The second-order valence-electron chi connectivity index (χ2n) is 3.83. The number of thiophene rings is 1. The van der Waals surface area contributed by atoms with Gasteiger partial charge in [0.1, 0.15) is 5.82 Å². The third-order valence-corrected chi connectivity index (χ3v) is 3.94. The van der Waals surface area contributed by atoms with Crippen LogP contribution in [0.2, 0.25) is 5.02 Å². The predicted molar refractivity (Wildman–Crippen MR) is 71.4 cm³/mol. The van der Waals surface area contributed by atoms with E-state index in [4.69, 9.17) is 11.6 Å². The Labute approximate surface area is 109 Å². The molecule has 2 rings (SSSR count). The first-order valence-corrected chi connectivity index (χ1v) is 6.55. The van der Waals surface area contributed by atoms with Crippen molar-refractivity contribution < 1.29 is 4.39 Å². The van der Waals surface area contributed by atoms with Crippen molar-refractivity contribution in [2.45, 2.75) is 13.0 Å². The molecule has 0 saturated carbocycles. The van der Waals surface area contributed by atoms with Crippen molar-refractivity contribution in [3.05, 3.63) is 56.5 Å². The van der Waals surface area contributed by atoms with Crippen LogP contribution in [-0.2, 0) is 0 Å². The normalized spacial score (nSPS) is 12.7. The molecule has 1 aromatic carbocycles. The zero-order valence-corrected chi connectivity index (χ0v) is 11.2. The maximum atomic E-state index is 13.5. The van der Waals surface area contributed by atoms with Crippen LogP contribution in [0.4, 0.5) is 4.39 Å². The van der Waals surface area contributed by atoms with Gasteiger partial charge in [-0.15, -0.1) is 11.3 Å². The van der Waals surface area contributed by atoms with Crippen molar-refractivity contribution in [2.24, 2.45) is 0 Å². The fourth-order valence-corrected chi connectivity index (χ4v) is 2.75. The Morgan fingerprint density at radius 2 is 2.12 bits per heavy atom. The number of hydrogen-bond donors (Lipinski definition) is 1. The number of rotatable bonds is 3. The minimum absolute atomic E-state index is 0.00742. The molecule has 1 atom stereocenters. The van der Waals surface area contributed by atoms with Crippen LogP contribution in [0.5, 0.6) is 0 Å². The molecule has 0 aliphatic rings. The first kappa shape index (κ1) is 12.6. The van der Waals surface area contributed by atoms with Gasteiger partial charge in [0.15, 0.2) is 0 Å². The quantitative estimate of drug-likeness (QED) is 0.882. The van der Waals surface area contributed by atoms with E-state index in [0.29, 0.717) is 0 Å². The predicted octanol–water partition coefficient (Wildman–Crippen LogP) is 4.16. The second kappa shape index (κ2) is 5.17. The molecule has 2 aromatic rings. The molecule has 0 aliphatic heterocycles. The summed E-state index contributed by atoms with van der Waals surface area (Å²) < 4.78 is 13.5. The molecule has 0 radical (unpaired) electrons. The molecule has 1 heterocycles. The highest BCUT2D eigenvalue weighted by atomic mass is 35.5. The number of halogens is 2.